The first-order chi connectivity index (χ1) is 7.16. The molecule has 1 N–H and O–H groups in total. The molecule has 0 aliphatic rings. The zero-order chi connectivity index (χ0) is 10.8. The summed E-state index contributed by atoms with van der Waals surface area (Å²) < 4.78 is 0. The molecule has 0 atom stereocenters. The van der Waals surface area contributed by atoms with Crippen LogP contribution in [-0.4, -0.2) is 10.2 Å². The number of para-hydroxylation sites is 1. The van der Waals surface area contributed by atoms with Crippen LogP contribution in [0.1, 0.15) is 19.5 Å². The molecule has 0 aliphatic heterocycles. The molecule has 0 spiro atoms. The average molecular weight is 240 g/mol. The van der Waals surface area contributed by atoms with Crippen molar-refractivity contribution in [3.05, 3.63) is 35.0 Å². The molecule has 1 aromatic carbocycles. The van der Waals surface area contributed by atoms with E-state index in [0.717, 1.165) is 16.3 Å². The van der Waals surface area contributed by atoms with Crippen molar-refractivity contribution in [1.29, 1.82) is 0 Å². The minimum absolute atomic E-state index is 0.659. The molecule has 0 fully saturated rings. The summed E-state index contributed by atoms with van der Waals surface area (Å²) in [4.78, 5) is 3.37. The zero-order valence-electron chi connectivity index (χ0n) is 8.88. The Morgan fingerprint density at radius 1 is 1.40 bits per heavy atom. The predicted octanol–water partition coefficient (Wildman–Crippen LogP) is 4.46. The van der Waals surface area contributed by atoms with Gasteiger partial charge in [0.15, 0.2) is 0 Å². The molecule has 2 aromatic rings. The van der Waals surface area contributed by atoms with Gasteiger partial charge in [0.2, 0.25) is 0 Å². The summed E-state index contributed by atoms with van der Waals surface area (Å²) in [6, 6.07) is 8.16. The number of halogens is 1. The maximum atomic E-state index is 6.10. The molecule has 0 saturated carbocycles. The predicted molar refractivity (Wildman–Crippen MR) is 69.7 cm³/mol. The van der Waals surface area contributed by atoms with Crippen molar-refractivity contribution < 1.29 is 0 Å². The van der Waals surface area contributed by atoms with E-state index in [4.69, 9.17) is 11.6 Å². The number of rotatable bonds is 3. The number of aromatic nitrogens is 1. The quantitative estimate of drug-likeness (QED) is 0.836. The Labute approximate surface area is 99.2 Å². The van der Waals surface area contributed by atoms with Crippen molar-refractivity contribution >= 4 is 34.3 Å². The molecule has 15 heavy (non-hydrogen) atoms. The highest BCUT2D eigenvalue weighted by Gasteiger charge is 2.04. The minimum Gasteiger partial charge on any atom is -0.356 e. The Bertz CT molecular complexity index is 462. The number of hydrogen-bond acceptors (Lipinski definition) is 1. The highest BCUT2D eigenvalue weighted by Crippen LogP contribution is 2.25. The number of hydrogen-bond donors (Lipinski definition) is 1. The number of fused-ring (bicyclic) bond motifs is 1. The standard InChI is InChI=1S/C12H14ClNS/c1-8(2)15-7-10-6-9-4-3-5-11(13)12(9)14-10/h3-6,8,14H,7H2,1-2H3. The summed E-state index contributed by atoms with van der Waals surface area (Å²) in [7, 11) is 0. The molecular formula is C12H14ClNS. The number of benzene rings is 1. The van der Waals surface area contributed by atoms with Crippen molar-refractivity contribution in [2.75, 3.05) is 0 Å². The van der Waals surface area contributed by atoms with E-state index in [1.54, 1.807) is 0 Å². The van der Waals surface area contributed by atoms with Gasteiger partial charge < -0.3 is 4.98 Å². The van der Waals surface area contributed by atoms with Crippen molar-refractivity contribution in [3.63, 3.8) is 0 Å². The highest BCUT2D eigenvalue weighted by molar-refractivity contribution is 7.99. The van der Waals surface area contributed by atoms with Crippen LogP contribution in [-0.2, 0) is 5.75 Å². The fraction of sp³-hybridized carbons (Fsp3) is 0.333. The van der Waals surface area contributed by atoms with Crippen molar-refractivity contribution in [2.45, 2.75) is 24.9 Å². The van der Waals surface area contributed by atoms with E-state index in [-0.39, 0.29) is 0 Å². The summed E-state index contributed by atoms with van der Waals surface area (Å²) in [5, 5.41) is 2.65. The largest absolute Gasteiger partial charge is 0.356 e. The van der Waals surface area contributed by atoms with Crippen molar-refractivity contribution in [2.24, 2.45) is 0 Å². The fourth-order valence-corrected chi connectivity index (χ4v) is 2.41. The molecule has 1 heterocycles. The zero-order valence-corrected chi connectivity index (χ0v) is 10.5. The lowest BCUT2D eigenvalue weighted by molar-refractivity contribution is 1.10. The molecule has 1 nitrogen and oxygen atoms in total. The average Bonchev–Trinajstić information content (AvgIpc) is 2.59. The maximum Gasteiger partial charge on any atom is 0.0647 e. The van der Waals surface area contributed by atoms with Gasteiger partial charge in [-0.05, 0) is 17.4 Å². The minimum atomic E-state index is 0.659. The van der Waals surface area contributed by atoms with Gasteiger partial charge in [0.05, 0.1) is 10.5 Å². The van der Waals surface area contributed by atoms with Crippen LogP contribution in [0.5, 0.6) is 0 Å². The second-order valence-corrected chi connectivity index (χ2v) is 5.83. The van der Waals surface area contributed by atoms with Crippen LogP contribution >= 0.6 is 23.4 Å². The van der Waals surface area contributed by atoms with Crippen LogP contribution < -0.4 is 0 Å². The van der Waals surface area contributed by atoms with E-state index in [2.05, 4.69) is 31.0 Å². The molecule has 0 amide bonds. The summed E-state index contributed by atoms with van der Waals surface area (Å²) in [6.07, 6.45) is 0. The molecule has 0 saturated heterocycles. The van der Waals surface area contributed by atoms with Gasteiger partial charge in [-0.3, -0.25) is 0 Å². The molecule has 0 radical (unpaired) electrons. The summed E-state index contributed by atoms with van der Waals surface area (Å²) in [6.45, 7) is 4.42. The second kappa shape index (κ2) is 4.50. The Balaban J connectivity index is 2.27. The van der Waals surface area contributed by atoms with E-state index in [9.17, 15) is 0 Å². The van der Waals surface area contributed by atoms with Gasteiger partial charge in [-0.15, -0.1) is 0 Å². The second-order valence-electron chi connectivity index (χ2n) is 3.86. The van der Waals surface area contributed by atoms with Gasteiger partial charge in [-0.1, -0.05) is 37.6 Å². The van der Waals surface area contributed by atoms with E-state index in [1.165, 1.54) is 11.1 Å². The Morgan fingerprint density at radius 3 is 2.87 bits per heavy atom. The molecule has 2 rings (SSSR count). The van der Waals surface area contributed by atoms with Crippen molar-refractivity contribution in [1.82, 2.24) is 4.98 Å². The third kappa shape index (κ3) is 2.50. The lowest BCUT2D eigenvalue weighted by atomic mass is 10.2. The molecule has 0 unspecified atom stereocenters. The summed E-state index contributed by atoms with van der Waals surface area (Å²) in [5.41, 5.74) is 2.30. The first-order valence-electron chi connectivity index (χ1n) is 5.04. The topological polar surface area (TPSA) is 15.8 Å². The van der Waals surface area contributed by atoms with Gasteiger partial charge in [0, 0.05) is 16.8 Å². The fourth-order valence-electron chi connectivity index (χ4n) is 1.51. The van der Waals surface area contributed by atoms with Gasteiger partial charge in [0.1, 0.15) is 0 Å². The van der Waals surface area contributed by atoms with E-state index < -0.39 is 0 Å². The molecule has 80 valence electrons. The molecular weight excluding hydrogens is 226 g/mol. The molecule has 3 heteroatoms. The van der Waals surface area contributed by atoms with Gasteiger partial charge in [-0.2, -0.15) is 11.8 Å². The van der Waals surface area contributed by atoms with Gasteiger partial charge in [0.25, 0.3) is 0 Å². The van der Waals surface area contributed by atoms with Gasteiger partial charge in [-0.25, -0.2) is 0 Å². The van der Waals surface area contributed by atoms with Crippen LogP contribution in [0, 0.1) is 0 Å². The molecule has 1 aromatic heterocycles. The van der Waals surface area contributed by atoms with Crippen molar-refractivity contribution in [3.8, 4) is 0 Å². The Hall–Kier alpha value is -0.600. The number of nitrogens with one attached hydrogen (secondary N) is 1. The van der Waals surface area contributed by atoms with Crippen LogP contribution in [0.3, 0.4) is 0 Å². The Kier molecular flexibility index (Phi) is 3.27. The van der Waals surface area contributed by atoms with Gasteiger partial charge >= 0.3 is 0 Å². The smallest absolute Gasteiger partial charge is 0.0647 e. The lowest BCUT2D eigenvalue weighted by Crippen LogP contribution is -1.88. The summed E-state index contributed by atoms with van der Waals surface area (Å²) in [5.74, 6) is 1.02. The van der Waals surface area contributed by atoms with Crippen LogP contribution in [0.25, 0.3) is 10.9 Å². The number of H-pyrrole nitrogens is 1. The third-order valence-corrected chi connectivity index (χ3v) is 3.69. The monoisotopic (exact) mass is 239 g/mol. The molecule has 0 bridgehead atoms. The van der Waals surface area contributed by atoms with E-state index in [1.807, 2.05) is 23.9 Å². The SMILES string of the molecule is CC(C)SCc1cc2cccc(Cl)c2[nH]1. The normalized spacial score (nSPS) is 11.5. The first kappa shape index (κ1) is 10.9. The van der Waals surface area contributed by atoms with Crippen LogP contribution in [0.4, 0.5) is 0 Å². The first-order valence-corrected chi connectivity index (χ1v) is 6.47. The maximum absolute atomic E-state index is 6.10. The molecule has 0 aliphatic carbocycles. The number of aromatic amines is 1. The van der Waals surface area contributed by atoms with Crippen LogP contribution in [0.15, 0.2) is 24.3 Å². The lowest BCUT2D eigenvalue weighted by Gasteiger charge is -2.01. The summed E-state index contributed by atoms with van der Waals surface area (Å²) >= 11 is 8.03. The third-order valence-electron chi connectivity index (χ3n) is 2.23. The highest BCUT2D eigenvalue weighted by atomic mass is 35.5. The van der Waals surface area contributed by atoms with Crippen LogP contribution in [0.2, 0.25) is 5.02 Å². The van der Waals surface area contributed by atoms with E-state index in [0.29, 0.717) is 5.25 Å². The van der Waals surface area contributed by atoms with E-state index >= 15 is 0 Å². The Morgan fingerprint density at radius 2 is 2.20 bits per heavy atom. The number of thioether (sulfide) groups is 1.